The lowest BCUT2D eigenvalue weighted by atomic mass is 10.1. The molecule has 1 aliphatic rings. The second-order valence-corrected chi connectivity index (χ2v) is 7.51. The lowest BCUT2D eigenvalue weighted by Gasteiger charge is -2.16. The monoisotopic (exact) mass is 445 g/mol. The molecule has 4 rings (SSSR count). The molecular formula is C25H23N3O5. The quantitative estimate of drug-likeness (QED) is 0.246. The summed E-state index contributed by atoms with van der Waals surface area (Å²) in [5.74, 6) is -0.0137. The molecule has 1 heterocycles. The van der Waals surface area contributed by atoms with Crippen LogP contribution in [-0.4, -0.2) is 37.2 Å². The van der Waals surface area contributed by atoms with Crippen LogP contribution >= 0.6 is 0 Å². The van der Waals surface area contributed by atoms with Gasteiger partial charge in [0.25, 0.3) is 0 Å². The number of hydrogen-bond acceptors (Lipinski definition) is 6. The maximum atomic E-state index is 12.4. The summed E-state index contributed by atoms with van der Waals surface area (Å²) in [6.07, 6.45) is -1.01. The van der Waals surface area contributed by atoms with Gasteiger partial charge in [-0.25, -0.2) is 4.79 Å². The summed E-state index contributed by atoms with van der Waals surface area (Å²) < 4.78 is 16.4. The number of nitrogens with two attached hydrogens (primary N) is 1. The van der Waals surface area contributed by atoms with Crippen LogP contribution in [0.2, 0.25) is 0 Å². The van der Waals surface area contributed by atoms with Gasteiger partial charge in [0, 0.05) is 13.0 Å². The van der Waals surface area contributed by atoms with Gasteiger partial charge in [-0.15, -0.1) is 0 Å². The Bertz CT molecular complexity index is 1180. The molecule has 3 aromatic carbocycles. The number of cyclic esters (lactones) is 1. The SMILES string of the molecule is CC(=O)Oc1cc(N2CC(COc3ccc(-c4ccccc4)cc3)OC2=O)ccc1C(=N)N. The lowest BCUT2D eigenvalue weighted by molar-refractivity contribution is -0.131. The first-order chi connectivity index (χ1) is 15.9. The molecule has 0 bridgehead atoms. The number of esters is 1. The van der Waals surface area contributed by atoms with Gasteiger partial charge < -0.3 is 19.9 Å². The van der Waals surface area contributed by atoms with E-state index in [1.807, 2.05) is 54.6 Å². The largest absolute Gasteiger partial charge is 0.490 e. The number of benzene rings is 3. The highest BCUT2D eigenvalue weighted by atomic mass is 16.6. The number of anilines is 1. The molecule has 1 amide bonds. The summed E-state index contributed by atoms with van der Waals surface area (Å²) >= 11 is 0. The molecule has 0 aliphatic carbocycles. The Morgan fingerprint density at radius 2 is 1.79 bits per heavy atom. The molecule has 1 aliphatic heterocycles. The van der Waals surface area contributed by atoms with Crippen molar-refractivity contribution in [1.29, 1.82) is 5.41 Å². The number of nitrogens with one attached hydrogen (secondary N) is 1. The van der Waals surface area contributed by atoms with Gasteiger partial charge in [-0.3, -0.25) is 15.1 Å². The first kappa shape index (κ1) is 21.9. The van der Waals surface area contributed by atoms with E-state index in [-0.39, 0.29) is 30.3 Å². The Morgan fingerprint density at radius 3 is 2.45 bits per heavy atom. The van der Waals surface area contributed by atoms with Crippen molar-refractivity contribution in [3.63, 3.8) is 0 Å². The highest BCUT2D eigenvalue weighted by Crippen LogP contribution is 2.29. The number of carbonyl (C=O) groups is 2. The zero-order valence-corrected chi connectivity index (χ0v) is 18.0. The van der Waals surface area contributed by atoms with Gasteiger partial charge >= 0.3 is 12.1 Å². The minimum Gasteiger partial charge on any atom is -0.490 e. The minimum absolute atomic E-state index is 0.110. The molecule has 1 fully saturated rings. The number of nitrogen functional groups attached to an aromatic ring is 1. The van der Waals surface area contributed by atoms with Gasteiger partial charge in [-0.05, 0) is 35.4 Å². The predicted molar refractivity (Wildman–Crippen MR) is 124 cm³/mol. The summed E-state index contributed by atoms with van der Waals surface area (Å²) in [4.78, 5) is 25.2. The van der Waals surface area contributed by atoms with Crippen LogP contribution in [0.25, 0.3) is 11.1 Å². The second kappa shape index (κ2) is 9.44. The maximum absolute atomic E-state index is 12.4. The molecule has 3 aromatic rings. The van der Waals surface area contributed by atoms with Crippen molar-refractivity contribution < 1.29 is 23.8 Å². The van der Waals surface area contributed by atoms with Crippen molar-refractivity contribution in [1.82, 2.24) is 0 Å². The van der Waals surface area contributed by atoms with E-state index in [4.69, 9.17) is 25.4 Å². The lowest BCUT2D eigenvalue weighted by Crippen LogP contribution is -2.27. The van der Waals surface area contributed by atoms with Gasteiger partial charge in [-0.1, -0.05) is 42.5 Å². The van der Waals surface area contributed by atoms with E-state index < -0.39 is 18.2 Å². The zero-order valence-electron chi connectivity index (χ0n) is 18.0. The summed E-state index contributed by atoms with van der Waals surface area (Å²) in [5.41, 5.74) is 8.48. The Kier molecular flexibility index (Phi) is 6.26. The van der Waals surface area contributed by atoms with E-state index in [9.17, 15) is 9.59 Å². The number of amidine groups is 1. The van der Waals surface area contributed by atoms with Crippen molar-refractivity contribution in [3.05, 3.63) is 78.4 Å². The average Bonchev–Trinajstić information content (AvgIpc) is 3.18. The zero-order chi connectivity index (χ0) is 23.4. The number of hydrogen-bond donors (Lipinski definition) is 2. The fraction of sp³-hybridized carbons (Fsp3) is 0.160. The maximum Gasteiger partial charge on any atom is 0.414 e. The molecule has 33 heavy (non-hydrogen) atoms. The number of ether oxygens (including phenoxy) is 3. The Hall–Kier alpha value is -4.33. The van der Waals surface area contributed by atoms with Crippen molar-refractivity contribution in [2.45, 2.75) is 13.0 Å². The molecule has 3 N–H and O–H groups in total. The van der Waals surface area contributed by atoms with Crippen LogP contribution in [0.3, 0.4) is 0 Å². The van der Waals surface area contributed by atoms with Crippen molar-refractivity contribution in [3.8, 4) is 22.6 Å². The summed E-state index contributed by atoms with van der Waals surface area (Å²) in [5, 5.41) is 7.64. The third kappa shape index (κ3) is 5.12. The molecule has 0 aromatic heterocycles. The van der Waals surface area contributed by atoms with Crippen molar-refractivity contribution in [2.75, 3.05) is 18.1 Å². The second-order valence-electron chi connectivity index (χ2n) is 7.51. The summed E-state index contributed by atoms with van der Waals surface area (Å²) in [6.45, 7) is 1.70. The normalized spacial score (nSPS) is 15.1. The van der Waals surface area contributed by atoms with Gasteiger partial charge in [0.05, 0.1) is 17.8 Å². The van der Waals surface area contributed by atoms with Crippen LogP contribution in [0, 0.1) is 5.41 Å². The number of carbonyl (C=O) groups excluding carboxylic acids is 2. The van der Waals surface area contributed by atoms with Crippen LogP contribution in [-0.2, 0) is 9.53 Å². The molecular weight excluding hydrogens is 422 g/mol. The average molecular weight is 445 g/mol. The topological polar surface area (TPSA) is 115 Å². The molecule has 0 saturated carbocycles. The molecule has 0 radical (unpaired) electrons. The van der Waals surface area contributed by atoms with E-state index >= 15 is 0 Å². The van der Waals surface area contributed by atoms with Gasteiger partial charge in [0.1, 0.15) is 23.9 Å². The van der Waals surface area contributed by atoms with Crippen LogP contribution in [0.5, 0.6) is 11.5 Å². The minimum atomic E-state index is -0.553. The molecule has 8 heteroatoms. The van der Waals surface area contributed by atoms with Crippen molar-refractivity contribution >= 4 is 23.6 Å². The highest BCUT2D eigenvalue weighted by molar-refractivity contribution is 5.99. The highest BCUT2D eigenvalue weighted by Gasteiger charge is 2.33. The van der Waals surface area contributed by atoms with Crippen LogP contribution in [0.1, 0.15) is 12.5 Å². The molecule has 1 atom stereocenters. The van der Waals surface area contributed by atoms with Crippen LogP contribution in [0.4, 0.5) is 10.5 Å². The molecule has 8 nitrogen and oxygen atoms in total. The first-order valence-corrected chi connectivity index (χ1v) is 10.3. The number of amides is 1. The number of rotatable bonds is 7. The van der Waals surface area contributed by atoms with Gasteiger partial charge in [0.15, 0.2) is 6.10 Å². The Labute approximate surface area is 191 Å². The fourth-order valence-corrected chi connectivity index (χ4v) is 3.52. The molecule has 1 saturated heterocycles. The third-order valence-electron chi connectivity index (χ3n) is 5.09. The van der Waals surface area contributed by atoms with E-state index in [1.165, 1.54) is 24.0 Å². The summed E-state index contributed by atoms with van der Waals surface area (Å²) in [7, 11) is 0. The predicted octanol–water partition coefficient (Wildman–Crippen LogP) is 3.97. The first-order valence-electron chi connectivity index (χ1n) is 10.3. The van der Waals surface area contributed by atoms with E-state index in [0.29, 0.717) is 11.4 Å². The Morgan fingerprint density at radius 1 is 1.09 bits per heavy atom. The third-order valence-corrected chi connectivity index (χ3v) is 5.09. The smallest absolute Gasteiger partial charge is 0.414 e. The standard InChI is InChI=1S/C25H23N3O5/c1-16(29)32-23-13-19(9-12-22(23)24(26)27)28-14-21(33-25(28)30)15-31-20-10-7-18(8-11-20)17-5-3-2-4-6-17/h2-13,21H,14-15H2,1H3,(H3,26,27). The fourth-order valence-electron chi connectivity index (χ4n) is 3.52. The van der Waals surface area contributed by atoms with Crippen LogP contribution in [0.15, 0.2) is 72.8 Å². The van der Waals surface area contributed by atoms with Gasteiger partial charge in [0.2, 0.25) is 0 Å². The van der Waals surface area contributed by atoms with Gasteiger partial charge in [-0.2, -0.15) is 0 Å². The van der Waals surface area contributed by atoms with E-state index in [0.717, 1.165) is 11.1 Å². The van der Waals surface area contributed by atoms with Crippen LogP contribution < -0.4 is 20.1 Å². The molecule has 0 spiro atoms. The Balaban J connectivity index is 1.40. The molecule has 1 unspecified atom stereocenters. The summed E-state index contributed by atoms with van der Waals surface area (Å²) in [6, 6.07) is 22.4. The van der Waals surface area contributed by atoms with E-state index in [2.05, 4.69) is 0 Å². The van der Waals surface area contributed by atoms with E-state index in [1.54, 1.807) is 6.07 Å². The van der Waals surface area contributed by atoms with Crippen molar-refractivity contribution in [2.24, 2.45) is 5.73 Å². The number of nitrogens with zero attached hydrogens (tertiary/aromatic N) is 1. The molecule has 168 valence electrons.